The van der Waals surface area contributed by atoms with Crippen molar-refractivity contribution in [3.05, 3.63) is 11.4 Å². The normalized spacial score (nSPS) is 14.4. The SMILES string of the molecule is CCc1nnc(N(CCC(N)=S)C2CC2)nc1CC. The van der Waals surface area contributed by atoms with E-state index in [4.69, 9.17) is 18.0 Å². The number of nitrogens with zero attached hydrogens (tertiary/aromatic N) is 4. The van der Waals surface area contributed by atoms with Crippen LogP contribution >= 0.6 is 12.2 Å². The molecule has 5 nitrogen and oxygen atoms in total. The summed E-state index contributed by atoms with van der Waals surface area (Å²) in [6.07, 6.45) is 4.85. The molecule has 19 heavy (non-hydrogen) atoms. The molecule has 1 saturated carbocycles. The lowest BCUT2D eigenvalue weighted by molar-refractivity contribution is 0.723. The Balaban J connectivity index is 2.18. The van der Waals surface area contributed by atoms with Gasteiger partial charge in [0.2, 0.25) is 5.95 Å². The molecule has 1 aliphatic rings. The third kappa shape index (κ3) is 3.59. The minimum atomic E-state index is 0.535. The fourth-order valence-electron chi connectivity index (χ4n) is 2.11. The molecule has 1 aliphatic carbocycles. The Hall–Kier alpha value is -1.30. The third-order valence-electron chi connectivity index (χ3n) is 3.34. The van der Waals surface area contributed by atoms with Gasteiger partial charge in [-0.15, -0.1) is 5.10 Å². The summed E-state index contributed by atoms with van der Waals surface area (Å²) in [6.45, 7) is 4.97. The molecule has 104 valence electrons. The standard InChI is InChI=1S/C13H21N5S/c1-3-10-11(4-2)16-17-13(15-10)18(9-5-6-9)8-7-12(14)19/h9H,3-8H2,1-2H3,(H2,14,19). The highest BCUT2D eigenvalue weighted by Gasteiger charge is 2.31. The number of hydrogen-bond acceptors (Lipinski definition) is 5. The molecule has 0 bridgehead atoms. The molecule has 1 aromatic heterocycles. The second-order valence-corrected chi connectivity index (χ2v) is 5.38. The van der Waals surface area contributed by atoms with Crippen molar-refractivity contribution in [2.75, 3.05) is 11.4 Å². The summed E-state index contributed by atoms with van der Waals surface area (Å²) in [4.78, 5) is 7.41. The maximum Gasteiger partial charge on any atom is 0.245 e. The summed E-state index contributed by atoms with van der Waals surface area (Å²) < 4.78 is 0. The van der Waals surface area contributed by atoms with Gasteiger partial charge in [0.25, 0.3) is 0 Å². The predicted octanol–water partition coefficient (Wildman–Crippen LogP) is 1.64. The number of hydrogen-bond donors (Lipinski definition) is 1. The molecule has 0 aliphatic heterocycles. The van der Waals surface area contributed by atoms with Gasteiger partial charge in [-0.3, -0.25) is 0 Å². The molecule has 0 saturated heterocycles. The lowest BCUT2D eigenvalue weighted by Crippen LogP contribution is -2.31. The highest BCUT2D eigenvalue weighted by molar-refractivity contribution is 7.80. The van der Waals surface area contributed by atoms with E-state index in [0.717, 1.165) is 36.7 Å². The summed E-state index contributed by atoms with van der Waals surface area (Å²) in [5, 5.41) is 8.59. The number of nitrogens with two attached hydrogens (primary N) is 1. The van der Waals surface area contributed by atoms with Crippen molar-refractivity contribution < 1.29 is 0 Å². The van der Waals surface area contributed by atoms with Crippen LogP contribution < -0.4 is 10.6 Å². The van der Waals surface area contributed by atoms with Crippen molar-refractivity contribution in [2.24, 2.45) is 5.73 Å². The van der Waals surface area contributed by atoms with E-state index in [-0.39, 0.29) is 0 Å². The molecule has 2 N–H and O–H groups in total. The quantitative estimate of drug-likeness (QED) is 0.765. The summed E-state index contributed by atoms with van der Waals surface area (Å²) in [7, 11) is 0. The van der Waals surface area contributed by atoms with Gasteiger partial charge in [0, 0.05) is 19.0 Å². The van der Waals surface area contributed by atoms with E-state index in [0.29, 0.717) is 17.5 Å². The molecule has 0 radical (unpaired) electrons. The molecular weight excluding hydrogens is 258 g/mol. The Morgan fingerprint density at radius 3 is 2.47 bits per heavy atom. The van der Waals surface area contributed by atoms with E-state index in [1.807, 2.05) is 0 Å². The fraction of sp³-hybridized carbons (Fsp3) is 0.692. The fourth-order valence-corrected chi connectivity index (χ4v) is 2.20. The first-order valence-corrected chi connectivity index (χ1v) is 7.33. The maximum atomic E-state index is 5.59. The monoisotopic (exact) mass is 279 g/mol. The minimum Gasteiger partial charge on any atom is -0.393 e. The van der Waals surface area contributed by atoms with E-state index < -0.39 is 0 Å². The summed E-state index contributed by atoms with van der Waals surface area (Å²) in [5.41, 5.74) is 7.64. The molecule has 1 aromatic rings. The molecule has 0 unspecified atom stereocenters. The van der Waals surface area contributed by atoms with Crippen molar-refractivity contribution in [3.8, 4) is 0 Å². The van der Waals surface area contributed by atoms with Crippen LogP contribution in [-0.4, -0.2) is 32.8 Å². The van der Waals surface area contributed by atoms with E-state index in [1.165, 1.54) is 12.8 Å². The van der Waals surface area contributed by atoms with Gasteiger partial charge in [0.05, 0.1) is 16.4 Å². The summed E-state index contributed by atoms with van der Waals surface area (Å²) in [5.74, 6) is 0.729. The van der Waals surface area contributed by atoms with Crippen LogP contribution in [0.2, 0.25) is 0 Å². The largest absolute Gasteiger partial charge is 0.393 e. The summed E-state index contributed by atoms with van der Waals surface area (Å²) in [6, 6.07) is 0.535. The van der Waals surface area contributed by atoms with Crippen molar-refractivity contribution in [1.29, 1.82) is 0 Å². The van der Waals surface area contributed by atoms with Crippen LogP contribution in [0.4, 0.5) is 5.95 Å². The molecule has 0 aromatic carbocycles. The molecule has 0 amide bonds. The molecule has 2 rings (SSSR count). The molecule has 0 atom stereocenters. The van der Waals surface area contributed by atoms with Crippen LogP contribution in [0.25, 0.3) is 0 Å². The van der Waals surface area contributed by atoms with Gasteiger partial charge in [0.15, 0.2) is 0 Å². The van der Waals surface area contributed by atoms with Crippen molar-refractivity contribution in [3.63, 3.8) is 0 Å². The van der Waals surface area contributed by atoms with Crippen LogP contribution in [0.3, 0.4) is 0 Å². The van der Waals surface area contributed by atoms with Crippen LogP contribution in [0, 0.1) is 0 Å². The van der Waals surface area contributed by atoms with Gasteiger partial charge in [-0.25, -0.2) is 4.98 Å². The van der Waals surface area contributed by atoms with Crippen molar-refractivity contribution in [2.45, 2.75) is 52.0 Å². The van der Waals surface area contributed by atoms with Gasteiger partial charge in [-0.05, 0) is 25.7 Å². The van der Waals surface area contributed by atoms with E-state index in [1.54, 1.807) is 0 Å². The van der Waals surface area contributed by atoms with Gasteiger partial charge >= 0.3 is 0 Å². The molecular formula is C13H21N5S. The molecule has 0 spiro atoms. The van der Waals surface area contributed by atoms with Gasteiger partial charge < -0.3 is 10.6 Å². The zero-order valence-corrected chi connectivity index (χ0v) is 12.4. The number of rotatable bonds is 7. The molecule has 6 heteroatoms. The first-order valence-electron chi connectivity index (χ1n) is 6.93. The van der Waals surface area contributed by atoms with Crippen molar-refractivity contribution in [1.82, 2.24) is 15.2 Å². The third-order valence-corrected chi connectivity index (χ3v) is 3.55. The van der Waals surface area contributed by atoms with Crippen LogP contribution in [0.5, 0.6) is 0 Å². The Labute approximate surface area is 119 Å². The van der Waals surface area contributed by atoms with Crippen LogP contribution in [-0.2, 0) is 12.8 Å². The Morgan fingerprint density at radius 2 is 1.95 bits per heavy atom. The second-order valence-electron chi connectivity index (χ2n) is 4.85. The van der Waals surface area contributed by atoms with Crippen LogP contribution in [0.15, 0.2) is 0 Å². The minimum absolute atomic E-state index is 0.535. The van der Waals surface area contributed by atoms with E-state index in [9.17, 15) is 0 Å². The maximum absolute atomic E-state index is 5.59. The van der Waals surface area contributed by atoms with E-state index >= 15 is 0 Å². The number of aromatic nitrogens is 3. The smallest absolute Gasteiger partial charge is 0.245 e. The number of thiocarbonyl (C=S) groups is 1. The lowest BCUT2D eigenvalue weighted by atomic mass is 10.2. The first kappa shape index (κ1) is 14.1. The molecule has 1 fully saturated rings. The Morgan fingerprint density at radius 1 is 1.26 bits per heavy atom. The average Bonchev–Trinajstić information content (AvgIpc) is 3.23. The Kier molecular flexibility index (Phi) is 4.63. The predicted molar refractivity (Wildman–Crippen MR) is 80.4 cm³/mol. The van der Waals surface area contributed by atoms with Gasteiger partial charge in [-0.2, -0.15) is 5.10 Å². The van der Waals surface area contributed by atoms with Crippen LogP contribution in [0.1, 0.15) is 44.5 Å². The number of anilines is 1. The van der Waals surface area contributed by atoms with Crippen molar-refractivity contribution >= 4 is 23.2 Å². The molecule has 1 heterocycles. The topological polar surface area (TPSA) is 67.9 Å². The first-order chi connectivity index (χ1) is 9.15. The lowest BCUT2D eigenvalue weighted by Gasteiger charge is -2.22. The Bertz CT molecular complexity index is 458. The highest BCUT2D eigenvalue weighted by Crippen LogP contribution is 2.29. The zero-order valence-electron chi connectivity index (χ0n) is 11.6. The van der Waals surface area contributed by atoms with Gasteiger partial charge in [0.1, 0.15) is 0 Å². The average molecular weight is 279 g/mol. The van der Waals surface area contributed by atoms with E-state index in [2.05, 4.69) is 33.9 Å². The van der Waals surface area contributed by atoms with Gasteiger partial charge in [-0.1, -0.05) is 26.1 Å². The second kappa shape index (κ2) is 6.23. The zero-order chi connectivity index (χ0) is 13.8. The summed E-state index contributed by atoms with van der Waals surface area (Å²) >= 11 is 4.95. The number of aryl methyl sites for hydroxylation is 2. The highest BCUT2D eigenvalue weighted by atomic mass is 32.1.